The Morgan fingerprint density at radius 2 is 1.24 bits per heavy atom. The van der Waals surface area contributed by atoms with Crippen molar-refractivity contribution in [3.63, 3.8) is 0 Å². The summed E-state index contributed by atoms with van der Waals surface area (Å²) < 4.78 is 20.6. The molecule has 2 aliphatic rings. The number of primary amides is 1. The first-order chi connectivity index (χ1) is 49.1. The number of carbonyl (C=O) groups excluding carboxylic acids is 7. The molecule has 0 saturated carbocycles. The number of amides is 7. The van der Waals surface area contributed by atoms with Gasteiger partial charge in [-0.3, -0.25) is 73.0 Å². The first-order valence-corrected chi connectivity index (χ1v) is 34.3. The van der Waals surface area contributed by atoms with Gasteiger partial charge < -0.3 is 62.3 Å². The fourth-order valence-corrected chi connectivity index (χ4v) is 12.3. The highest BCUT2D eigenvalue weighted by Gasteiger charge is 2.45. The van der Waals surface area contributed by atoms with Crippen LogP contribution >= 0.6 is 0 Å². The standard InChI is InChI=1S/C73H93FN14O14/c1-50-20-21-52(39-58(50)74)43-76-45-65(91)88-28-24-73(25-29-88,72(101)81-60(69(75)98)41-55-44-78-59-18-11-10-17-56(55)59)82-70(99)54-22-23-57(53-15-7-3-8-16-53)62(42-54)102-38-27-79-83-71(100)61(40-51-13-5-2-6-14-51)80-63(89)19-9-4-12-26-77-64(90)46-84-30-32-85(47-66(92)93)34-36-87(49-68(96)97)37-35-86(33-31-84)48-67(94)95/h2-3,5-8,10-11,13-18,20-23,39,42,44,60-61,76,78-79H,4,9,12,19,24-38,40-41,43,45-49H2,1H3,(H2,75,98)(H,77,90)(H,80,89)(H,81,101)(H,82,99)(H,83,100)(H,92,93)(H,94,95)(H,96,97)/t60-,61-/m0/s1. The van der Waals surface area contributed by atoms with Crippen LogP contribution in [0.25, 0.3) is 22.0 Å². The van der Waals surface area contributed by atoms with E-state index in [1.807, 2.05) is 89.8 Å². The Balaban J connectivity index is 0.850. The smallest absolute Gasteiger partial charge is 0.317 e. The third kappa shape index (κ3) is 24.6. The van der Waals surface area contributed by atoms with Crippen LogP contribution in [0, 0.1) is 12.7 Å². The highest BCUT2D eigenvalue weighted by molar-refractivity contribution is 6.01. The van der Waals surface area contributed by atoms with Crippen LogP contribution < -0.4 is 47.9 Å². The zero-order valence-corrected chi connectivity index (χ0v) is 57.4. The van der Waals surface area contributed by atoms with Gasteiger partial charge in [-0.05, 0) is 90.8 Å². The zero-order valence-electron chi connectivity index (χ0n) is 57.4. The molecule has 1 aromatic heterocycles. The van der Waals surface area contributed by atoms with E-state index in [1.54, 1.807) is 63.1 Å². The van der Waals surface area contributed by atoms with Gasteiger partial charge in [-0.1, -0.05) is 97.4 Å². The summed E-state index contributed by atoms with van der Waals surface area (Å²) in [6, 6.07) is 33.5. The maximum atomic E-state index is 14.8. The monoisotopic (exact) mass is 1410 g/mol. The second kappa shape index (κ2) is 39.1. The highest BCUT2D eigenvalue weighted by Crippen LogP contribution is 2.32. The van der Waals surface area contributed by atoms with Crippen molar-refractivity contribution in [1.29, 1.82) is 0 Å². The van der Waals surface area contributed by atoms with Crippen LogP contribution in [0.3, 0.4) is 0 Å². The first-order valence-electron chi connectivity index (χ1n) is 34.3. The number of carboxylic acid groups (broad SMARTS) is 3. The number of hydrogen-bond donors (Lipinski definition) is 12. The molecular weight excluding hydrogens is 1320 g/mol. The minimum atomic E-state index is -1.64. The number of rotatable bonds is 35. The number of carbonyl (C=O) groups is 10. The van der Waals surface area contributed by atoms with Gasteiger partial charge in [0, 0.05) is 133 Å². The maximum absolute atomic E-state index is 14.8. The first kappa shape index (κ1) is 77.6. The number of aromatic amines is 1. The van der Waals surface area contributed by atoms with Crippen LogP contribution in [0.4, 0.5) is 4.39 Å². The quantitative estimate of drug-likeness (QED) is 0.0200. The second-order valence-electron chi connectivity index (χ2n) is 25.7. The lowest BCUT2D eigenvalue weighted by Crippen LogP contribution is -2.66. The summed E-state index contributed by atoms with van der Waals surface area (Å²) in [5.74, 6) is -6.79. The van der Waals surface area contributed by atoms with Crippen molar-refractivity contribution in [2.24, 2.45) is 5.73 Å². The van der Waals surface area contributed by atoms with Gasteiger partial charge in [0.25, 0.3) is 11.8 Å². The second-order valence-corrected chi connectivity index (χ2v) is 25.7. The molecule has 0 bridgehead atoms. The fraction of sp³-hybridized carbons (Fsp3) is 0.425. The zero-order chi connectivity index (χ0) is 73.0. The number of likely N-dealkylation sites (tertiary alicyclic amines) is 1. The van der Waals surface area contributed by atoms with E-state index in [1.165, 1.54) is 6.07 Å². The number of para-hydroxylation sites is 1. The van der Waals surface area contributed by atoms with E-state index in [0.29, 0.717) is 61.3 Å². The number of hydrazine groups is 1. The topological polar surface area (TPSA) is 383 Å². The lowest BCUT2D eigenvalue weighted by atomic mass is 9.85. The number of nitrogens with two attached hydrogens (primary N) is 1. The summed E-state index contributed by atoms with van der Waals surface area (Å²) in [7, 11) is 0. The van der Waals surface area contributed by atoms with Crippen molar-refractivity contribution in [2.45, 2.75) is 82.5 Å². The van der Waals surface area contributed by atoms with E-state index in [0.717, 1.165) is 27.6 Å². The summed E-state index contributed by atoms with van der Waals surface area (Å²) in [6.07, 6.45) is 3.53. The maximum Gasteiger partial charge on any atom is 0.317 e. The number of ether oxygens (including phenoxy) is 1. The molecular formula is C73H93FN14O14. The molecule has 5 aromatic carbocycles. The van der Waals surface area contributed by atoms with Gasteiger partial charge in [-0.25, -0.2) is 9.82 Å². The van der Waals surface area contributed by atoms with E-state index in [4.69, 9.17) is 10.5 Å². The van der Waals surface area contributed by atoms with Crippen molar-refractivity contribution >= 4 is 70.2 Å². The Hall–Kier alpha value is -10.2. The van der Waals surface area contributed by atoms with Gasteiger partial charge in [0.1, 0.15) is 35.8 Å². The molecule has 28 nitrogen and oxygen atoms in total. The van der Waals surface area contributed by atoms with Crippen molar-refractivity contribution < 1.29 is 72.4 Å². The van der Waals surface area contributed by atoms with Crippen LogP contribution in [0.2, 0.25) is 0 Å². The largest absolute Gasteiger partial charge is 0.492 e. The van der Waals surface area contributed by atoms with E-state index < -0.39 is 59.2 Å². The van der Waals surface area contributed by atoms with Crippen LogP contribution in [0.5, 0.6) is 5.75 Å². The van der Waals surface area contributed by atoms with Crippen LogP contribution in [-0.2, 0) is 62.5 Å². The Morgan fingerprint density at radius 1 is 0.627 bits per heavy atom. The average molecular weight is 1410 g/mol. The molecule has 0 aliphatic carbocycles. The number of unbranched alkanes of at least 4 members (excludes halogenated alkanes) is 2. The van der Waals surface area contributed by atoms with Crippen LogP contribution in [-0.4, -0.2) is 240 Å². The van der Waals surface area contributed by atoms with Gasteiger partial charge in [0.05, 0.1) is 32.7 Å². The van der Waals surface area contributed by atoms with E-state index in [-0.39, 0.29) is 166 Å². The van der Waals surface area contributed by atoms with Crippen molar-refractivity contribution in [3.05, 3.63) is 161 Å². The van der Waals surface area contributed by atoms with Gasteiger partial charge >= 0.3 is 17.9 Å². The SMILES string of the molecule is Cc1ccc(CNCC(=O)N2CCC(NC(=O)c3ccc(-c4ccccc4)c(OCCNNC(=O)[C@H](Cc4ccccc4)NC(=O)CCCCCNC(=O)CN4CCN(CC(=O)O)CCN(CC(=O)O)CCN(CC(=O)O)CC4)c3)(C(=O)N[C@@H](Cc3c[nH]c4ccccc34)C(N)=O)CC2)cc1F. The number of aromatic nitrogens is 1. The van der Waals surface area contributed by atoms with Crippen LogP contribution in [0.15, 0.2) is 128 Å². The molecule has 6 aromatic rings. The number of H-pyrrole nitrogens is 1. The number of halogens is 1. The fourth-order valence-electron chi connectivity index (χ4n) is 12.3. The molecule has 0 unspecified atom stereocenters. The lowest BCUT2D eigenvalue weighted by molar-refractivity contribution is -0.140. The summed E-state index contributed by atoms with van der Waals surface area (Å²) in [5.41, 5.74) is 15.0. The summed E-state index contributed by atoms with van der Waals surface area (Å²) in [5, 5.41) is 44.1. The number of nitrogens with zero attached hydrogens (tertiary/aromatic N) is 5. The lowest BCUT2D eigenvalue weighted by Gasteiger charge is -2.41. The Bertz CT molecular complexity index is 3810. The molecule has 2 atom stereocenters. The van der Waals surface area contributed by atoms with E-state index in [9.17, 15) is 67.7 Å². The number of hydrogen-bond acceptors (Lipinski definition) is 17. The number of fused-ring (bicyclic) bond motifs is 1. The van der Waals surface area contributed by atoms with Crippen molar-refractivity contribution in [2.75, 3.05) is 118 Å². The number of aliphatic carboxylic acids is 3. The van der Waals surface area contributed by atoms with Gasteiger partial charge in [-0.2, -0.15) is 0 Å². The molecule has 29 heteroatoms. The van der Waals surface area contributed by atoms with E-state index >= 15 is 0 Å². The summed E-state index contributed by atoms with van der Waals surface area (Å²) in [6.45, 7) is 3.49. The van der Waals surface area contributed by atoms with Crippen LogP contribution in [0.1, 0.15) is 71.1 Å². The molecule has 102 heavy (non-hydrogen) atoms. The number of benzene rings is 5. The molecule has 2 aliphatic heterocycles. The summed E-state index contributed by atoms with van der Waals surface area (Å²) in [4.78, 5) is 143. The van der Waals surface area contributed by atoms with Crippen molar-refractivity contribution in [1.82, 2.24) is 66.9 Å². The molecule has 0 radical (unpaired) electrons. The Morgan fingerprint density at radius 3 is 1.85 bits per heavy atom. The Labute approximate surface area is 591 Å². The van der Waals surface area contributed by atoms with E-state index in [2.05, 4.69) is 42.4 Å². The van der Waals surface area contributed by atoms with Gasteiger partial charge in [0.15, 0.2) is 0 Å². The summed E-state index contributed by atoms with van der Waals surface area (Å²) >= 11 is 0. The molecule has 2 fully saturated rings. The molecule has 0 spiro atoms. The van der Waals surface area contributed by atoms with Gasteiger partial charge in [0.2, 0.25) is 29.5 Å². The Kier molecular flexibility index (Phi) is 29.8. The molecule has 8 rings (SSSR count). The molecule has 7 amide bonds. The van der Waals surface area contributed by atoms with Crippen molar-refractivity contribution in [3.8, 4) is 16.9 Å². The van der Waals surface area contributed by atoms with Gasteiger partial charge in [-0.15, -0.1) is 0 Å². The minimum Gasteiger partial charge on any atom is -0.492 e. The minimum absolute atomic E-state index is 0.0317. The average Bonchev–Trinajstić information content (AvgIpc) is 1.79. The number of nitrogens with one attached hydrogen (secondary N) is 8. The normalized spacial score (nSPS) is 15.5. The number of aryl methyl sites for hydroxylation is 1. The highest BCUT2D eigenvalue weighted by atomic mass is 19.1. The third-order valence-electron chi connectivity index (χ3n) is 18.1. The molecule has 3 heterocycles. The molecule has 2 saturated heterocycles. The predicted octanol–water partition coefficient (Wildman–Crippen LogP) is 2.26. The predicted molar refractivity (Wildman–Crippen MR) is 378 cm³/mol. The molecule has 13 N–H and O–H groups in total. The third-order valence-corrected chi connectivity index (χ3v) is 18.1. The number of carboxylic acids is 3. The number of piperidine rings is 1. The molecule has 546 valence electrons.